The van der Waals surface area contributed by atoms with E-state index in [1.807, 2.05) is 12.4 Å². The van der Waals surface area contributed by atoms with Crippen LogP contribution >= 0.6 is 11.3 Å². The lowest BCUT2D eigenvalue weighted by Gasteiger charge is -2.08. The van der Waals surface area contributed by atoms with Gasteiger partial charge in [-0.05, 0) is 0 Å². The van der Waals surface area contributed by atoms with Gasteiger partial charge in [-0.2, -0.15) is 0 Å². The quantitative estimate of drug-likeness (QED) is 0.828. The largest absolute Gasteiger partial charge is 0.329 e. The molecule has 2 rings (SSSR count). The summed E-state index contributed by atoms with van der Waals surface area (Å²) in [5, 5.41) is 3.37. The van der Waals surface area contributed by atoms with Gasteiger partial charge in [-0.3, -0.25) is 0 Å². The Hall–Kier alpha value is -1.16. The van der Waals surface area contributed by atoms with Crippen molar-refractivity contribution in [2.45, 2.75) is 46.1 Å². The maximum atomic E-state index is 4.65. The lowest BCUT2D eigenvalue weighted by molar-refractivity contribution is 0.660. The molecule has 0 atom stereocenters. The molecule has 0 radical (unpaired) electrons. The van der Waals surface area contributed by atoms with Gasteiger partial charge in [0, 0.05) is 29.6 Å². The normalized spacial score (nSPS) is 11.6. The number of imidazole rings is 1. The van der Waals surface area contributed by atoms with Crippen molar-refractivity contribution in [3.63, 3.8) is 0 Å². The molecule has 0 aliphatic heterocycles. The van der Waals surface area contributed by atoms with Crippen molar-refractivity contribution in [3.05, 3.63) is 34.3 Å². The summed E-state index contributed by atoms with van der Waals surface area (Å²) >= 11 is 1.75. The minimum absolute atomic E-state index is 0.452. The number of hydrogen-bond acceptors (Lipinski definition) is 3. The van der Waals surface area contributed by atoms with Crippen LogP contribution in [-0.4, -0.2) is 14.5 Å². The third-order valence-electron chi connectivity index (χ3n) is 2.66. The second kappa shape index (κ2) is 5.00. The Morgan fingerprint density at radius 3 is 2.59 bits per heavy atom. The number of hydrogen-bond donors (Lipinski definition) is 0. The van der Waals surface area contributed by atoms with Crippen molar-refractivity contribution in [3.8, 4) is 0 Å². The van der Waals surface area contributed by atoms with Crippen LogP contribution in [-0.2, 0) is 6.54 Å². The molecule has 0 unspecified atom stereocenters. The summed E-state index contributed by atoms with van der Waals surface area (Å²) in [6.07, 6.45) is 3.90. The topological polar surface area (TPSA) is 30.7 Å². The average Bonchev–Trinajstić information content (AvgIpc) is 2.86. The van der Waals surface area contributed by atoms with E-state index in [-0.39, 0.29) is 0 Å². The first-order chi connectivity index (χ1) is 8.08. The van der Waals surface area contributed by atoms with E-state index in [9.17, 15) is 0 Å². The van der Waals surface area contributed by atoms with Gasteiger partial charge in [0.15, 0.2) is 0 Å². The van der Waals surface area contributed by atoms with Crippen LogP contribution in [0, 0.1) is 0 Å². The van der Waals surface area contributed by atoms with Crippen LogP contribution in [0.5, 0.6) is 0 Å². The maximum Gasteiger partial charge on any atom is 0.111 e. The van der Waals surface area contributed by atoms with E-state index in [1.54, 1.807) is 11.3 Å². The zero-order valence-corrected chi connectivity index (χ0v) is 11.7. The van der Waals surface area contributed by atoms with Crippen LogP contribution in [0.2, 0.25) is 0 Å². The molecule has 0 amide bonds. The summed E-state index contributed by atoms with van der Waals surface area (Å²) in [5.41, 5.74) is 1.14. The van der Waals surface area contributed by atoms with Gasteiger partial charge in [0.2, 0.25) is 0 Å². The van der Waals surface area contributed by atoms with Gasteiger partial charge in [0.25, 0.3) is 0 Å². The SMILES string of the molecule is CC(C)c1nc(Cn2ccnc2C(C)C)cs1. The minimum Gasteiger partial charge on any atom is -0.329 e. The van der Waals surface area contributed by atoms with Gasteiger partial charge in [0.1, 0.15) is 5.82 Å². The number of nitrogens with zero attached hydrogens (tertiary/aromatic N) is 3. The third-order valence-corrected chi connectivity index (χ3v) is 3.85. The molecule has 3 nitrogen and oxygen atoms in total. The molecule has 2 heterocycles. The molecule has 0 spiro atoms. The van der Waals surface area contributed by atoms with Crippen LogP contribution in [0.3, 0.4) is 0 Å². The van der Waals surface area contributed by atoms with Crippen LogP contribution < -0.4 is 0 Å². The minimum atomic E-state index is 0.452. The van der Waals surface area contributed by atoms with Gasteiger partial charge in [-0.15, -0.1) is 11.3 Å². The van der Waals surface area contributed by atoms with E-state index >= 15 is 0 Å². The van der Waals surface area contributed by atoms with Crippen LogP contribution in [0.1, 0.15) is 56.1 Å². The monoisotopic (exact) mass is 249 g/mol. The molecule has 0 N–H and O–H groups in total. The predicted molar refractivity (Wildman–Crippen MR) is 71.6 cm³/mol. The summed E-state index contributed by atoms with van der Waals surface area (Å²) < 4.78 is 2.18. The summed E-state index contributed by atoms with van der Waals surface area (Å²) in [4.78, 5) is 9.05. The second-order valence-corrected chi connectivity index (χ2v) is 5.79. The van der Waals surface area contributed by atoms with Gasteiger partial charge >= 0.3 is 0 Å². The summed E-state index contributed by atoms with van der Waals surface area (Å²) in [5.74, 6) is 2.10. The molecule has 4 heteroatoms. The van der Waals surface area contributed by atoms with Gasteiger partial charge < -0.3 is 4.57 Å². The van der Waals surface area contributed by atoms with Crippen molar-refractivity contribution in [2.24, 2.45) is 0 Å². The zero-order valence-electron chi connectivity index (χ0n) is 10.8. The first-order valence-corrected chi connectivity index (χ1v) is 6.91. The predicted octanol–water partition coefficient (Wildman–Crippen LogP) is 3.63. The molecule has 92 valence electrons. The highest BCUT2D eigenvalue weighted by Crippen LogP contribution is 2.20. The lowest BCUT2D eigenvalue weighted by Crippen LogP contribution is -2.06. The smallest absolute Gasteiger partial charge is 0.111 e. The Morgan fingerprint density at radius 2 is 2.00 bits per heavy atom. The maximum absolute atomic E-state index is 4.65. The summed E-state index contributed by atoms with van der Waals surface area (Å²) in [6.45, 7) is 9.52. The third kappa shape index (κ3) is 2.75. The van der Waals surface area contributed by atoms with Crippen LogP contribution in [0.4, 0.5) is 0 Å². The zero-order chi connectivity index (χ0) is 12.4. The average molecular weight is 249 g/mol. The van der Waals surface area contributed by atoms with Crippen molar-refractivity contribution in [1.82, 2.24) is 14.5 Å². The Labute approximate surface area is 107 Å². The van der Waals surface area contributed by atoms with E-state index in [4.69, 9.17) is 0 Å². The Balaban J connectivity index is 2.17. The van der Waals surface area contributed by atoms with Crippen LogP contribution in [0.25, 0.3) is 0 Å². The highest BCUT2D eigenvalue weighted by atomic mass is 32.1. The molecule has 0 aliphatic rings. The first kappa shape index (κ1) is 12.3. The Kier molecular flexibility index (Phi) is 3.62. The highest BCUT2D eigenvalue weighted by molar-refractivity contribution is 7.09. The standard InChI is InChI=1S/C13H19N3S/c1-9(2)12-14-5-6-16(12)7-11-8-17-13(15-11)10(3)4/h5-6,8-10H,7H2,1-4H3. The van der Waals surface area contributed by atoms with Crippen molar-refractivity contribution >= 4 is 11.3 Å². The number of aromatic nitrogens is 3. The van der Waals surface area contributed by atoms with E-state index < -0.39 is 0 Å². The molecule has 0 aliphatic carbocycles. The number of thiazole rings is 1. The summed E-state index contributed by atoms with van der Waals surface area (Å²) in [7, 11) is 0. The van der Waals surface area contributed by atoms with Gasteiger partial charge in [0.05, 0.1) is 17.2 Å². The molecule has 2 aromatic heterocycles. The van der Waals surface area contributed by atoms with E-state index in [2.05, 4.69) is 47.6 Å². The molecule has 0 fully saturated rings. The lowest BCUT2D eigenvalue weighted by atomic mass is 10.2. The molecule has 0 saturated carbocycles. The fourth-order valence-electron chi connectivity index (χ4n) is 1.79. The summed E-state index contributed by atoms with van der Waals surface area (Å²) in [6, 6.07) is 0. The van der Waals surface area contributed by atoms with Crippen molar-refractivity contribution < 1.29 is 0 Å². The van der Waals surface area contributed by atoms with E-state index in [0.29, 0.717) is 11.8 Å². The Morgan fingerprint density at radius 1 is 1.24 bits per heavy atom. The second-order valence-electron chi connectivity index (χ2n) is 4.90. The van der Waals surface area contributed by atoms with Crippen molar-refractivity contribution in [2.75, 3.05) is 0 Å². The van der Waals surface area contributed by atoms with E-state index in [1.165, 1.54) is 5.01 Å². The molecule has 2 aromatic rings. The molecule has 17 heavy (non-hydrogen) atoms. The molecule has 0 bridgehead atoms. The molecular weight excluding hydrogens is 230 g/mol. The fourth-order valence-corrected chi connectivity index (χ4v) is 2.62. The van der Waals surface area contributed by atoms with E-state index in [0.717, 1.165) is 18.1 Å². The number of rotatable bonds is 4. The molecule has 0 saturated heterocycles. The molecule has 0 aromatic carbocycles. The van der Waals surface area contributed by atoms with Gasteiger partial charge in [-0.1, -0.05) is 27.7 Å². The van der Waals surface area contributed by atoms with Gasteiger partial charge in [-0.25, -0.2) is 9.97 Å². The van der Waals surface area contributed by atoms with Crippen LogP contribution in [0.15, 0.2) is 17.8 Å². The molecular formula is C13H19N3S. The van der Waals surface area contributed by atoms with Crippen molar-refractivity contribution in [1.29, 1.82) is 0 Å². The first-order valence-electron chi connectivity index (χ1n) is 6.03. The fraction of sp³-hybridized carbons (Fsp3) is 0.538. The Bertz CT molecular complexity index is 482. The highest BCUT2D eigenvalue weighted by Gasteiger charge is 2.10.